The first-order chi connectivity index (χ1) is 13.8. The van der Waals surface area contributed by atoms with Crippen molar-refractivity contribution in [1.29, 1.82) is 0 Å². The highest BCUT2D eigenvalue weighted by atomic mass is 19.1. The van der Waals surface area contributed by atoms with Gasteiger partial charge in [0.25, 0.3) is 11.8 Å². The Morgan fingerprint density at radius 2 is 1.79 bits per heavy atom. The molecule has 0 radical (unpaired) electrons. The summed E-state index contributed by atoms with van der Waals surface area (Å²) in [5, 5.41) is 5.30. The molecule has 29 heavy (non-hydrogen) atoms. The molecule has 7 nitrogen and oxygen atoms in total. The standard InChI is InChI=1S/C21H23FN2O5/c1-13(2)11-23-20(26)16-6-4-5-7-18(16)24-19(25)12-29-21(27)15-9-8-14(28-3)10-17(15)22/h4-10,13H,11-12H2,1-3H3,(H,23,26)(H,24,25). The number of benzene rings is 2. The van der Waals surface area contributed by atoms with Crippen LogP contribution in [-0.2, 0) is 9.53 Å². The maximum Gasteiger partial charge on any atom is 0.341 e. The summed E-state index contributed by atoms with van der Waals surface area (Å²) in [6.07, 6.45) is 0. The molecule has 0 heterocycles. The van der Waals surface area contributed by atoms with Crippen LogP contribution in [0.25, 0.3) is 0 Å². The highest BCUT2D eigenvalue weighted by Gasteiger charge is 2.17. The van der Waals surface area contributed by atoms with Gasteiger partial charge in [-0.2, -0.15) is 0 Å². The van der Waals surface area contributed by atoms with E-state index in [-0.39, 0.29) is 34.4 Å². The second-order valence-electron chi connectivity index (χ2n) is 6.62. The van der Waals surface area contributed by atoms with Crippen LogP contribution in [0.3, 0.4) is 0 Å². The summed E-state index contributed by atoms with van der Waals surface area (Å²) < 4.78 is 23.6. The Morgan fingerprint density at radius 3 is 2.45 bits per heavy atom. The molecule has 0 spiro atoms. The Kier molecular flexibility index (Phi) is 7.70. The third kappa shape index (κ3) is 6.31. The summed E-state index contributed by atoms with van der Waals surface area (Å²) in [6, 6.07) is 10.1. The predicted octanol–water partition coefficient (Wildman–Crippen LogP) is 3.02. The van der Waals surface area contributed by atoms with E-state index in [0.29, 0.717) is 6.54 Å². The van der Waals surface area contributed by atoms with E-state index in [9.17, 15) is 18.8 Å². The molecule has 154 valence electrons. The number of ether oxygens (including phenoxy) is 2. The molecule has 8 heteroatoms. The van der Waals surface area contributed by atoms with E-state index in [0.717, 1.165) is 6.07 Å². The van der Waals surface area contributed by atoms with Gasteiger partial charge in [0.15, 0.2) is 6.61 Å². The number of rotatable bonds is 8. The number of carbonyl (C=O) groups excluding carboxylic acids is 3. The number of carbonyl (C=O) groups is 3. The number of hydrogen-bond donors (Lipinski definition) is 2. The number of halogens is 1. The van der Waals surface area contributed by atoms with Crippen molar-refractivity contribution in [1.82, 2.24) is 5.32 Å². The number of methoxy groups -OCH3 is 1. The van der Waals surface area contributed by atoms with E-state index in [1.165, 1.54) is 19.2 Å². The first kappa shape index (κ1) is 21.9. The van der Waals surface area contributed by atoms with Crippen molar-refractivity contribution < 1.29 is 28.2 Å². The molecule has 0 aliphatic carbocycles. The molecule has 0 saturated heterocycles. The van der Waals surface area contributed by atoms with E-state index in [1.807, 2.05) is 13.8 Å². The highest BCUT2D eigenvalue weighted by Crippen LogP contribution is 2.18. The minimum atomic E-state index is -0.983. The number of nitrogens with one attached hydrogen (secondary N) is 2. The smallest absolute Gasteiger partial charge is 0.341 e. The predicted molar refractivity (Wildman–Crippen MR) is 105 cm³/mol. The van der Waals surface area contributed by atoms with Crippen LogP contribution in [-0.4, -0.2) is 38.0 Å². The van der Waals surface area contributed by atoms with E-state index < -0.39 is 24.3 Å². The number of anilines is 1. The van der Waals surface area contributed by atoms with Crippen molar-refractivity contribution in [3.8, 4) is 5.75 Å². The minimum Gasteiger partial charge on any atom is -0.497 e. The molecule has 2 rings (SSSR count). The largest absolute Gasteiger partial charge is 0.497 e. The summed E-state index contributed by atoms with van der Waals surface area (Å²) in [7, 11) is 1.37. The lowest BCUT2D eigenvalue weighted by molar-refractivity contribution is -0.119. The first-order valence-corrected chi connectivity index (χ1v) is 8.99. The van der Waals surface area contributed by atoms with Gasteiger partial charge >= 0.3 is 5.97 Å². The fourth-order valence-electron chi connectivity index (χ4n) is 2.37. The zero-order valence-corrected chi connectivity index (χ0v) is 16.5. The minimum absolute atomic E-state index is 0.254. The van der Waals surface area contributed by atoms with Crippen LogP contribution in [0.2, 0.25) is 0 Å². The van der Waals surface area contributed by atoms with Crippen molar-refractivity contribution >= 4 is 23.5 Å². The van der Waals surface area contributed by atoms with E-state index in [2.05, 4.69) is 10.6 Å². The Labute approximate surface area is 168 Å². The monoisotopic (exact) mass is 402 g/mol. The molecule has 0 bridgehead atoms. The summed E-state index contributed by atoms with van der Waals surface area (Å²) >= 11 is 0. The quantitative estimate of drug-likeness (QED) is 0.662. The topological polar surface area (TPSA) is 93.7 Å². The Morgan fingerprint density at radius 1 is 1.07 bits per heavy atom. The zero-order valence-electron chi connectivity index (χ0n) is 16.5. The molecule has 2 aromatic rings. The molecular weight excluding hydrogens is 379 g/mol. The first-order valence-electron chi connectivity index (χ1n) is 8.99. The van der Waals surface area contributed by atoms with Gasteiger partial charge in [-0.05, 0) is 30.2 Å². The fourth-order valence-corrected chi connectivity index (χ4v) is 2.37. The maximum absolute atomic E-state index is 13.9. The third-order valence-corrected chi connectivity index (χ3v) is 3.85. The molecule has 0 aromatic heterocycles. The zero-order chi connectivity index (χ0) is 21.4. The van der Waals surface area contributed by atoms with Crippen molar-refractivity contribution in [2.24, 2.45) is 5.92 Å². The Bertz CT molecular complexity index is 898. The number of esters is 1. The lowest BCUT2D eigenvalue weighted by atomic mass is 10.1. The summed E-state index contributed by atoms with van der Waals surface area (Å²) in [5.74, 6) is -2.25. The van der Waals surface area contributed by atoms with Gasteiger partial charge in [0.2, 0.25) is 0 Å². The van der Waals surface area contributed by atoms with Crippen molar-refractivity contribution in [2.45, 2.75) is 13.8 Å². The highest BCUT2D eigenvalue weighted by molar-refractivity contribution is 6.04. The van der Waals surface area contributed by atoms with Crippen LogP contribution in [0.4, 0.5) is 10.1 Å². The van der Waals surface area contributed by atoms with Gasteiger partial charge in [-0.15, -0.1) is 0 Å². The van der Waals surface area contributed by atoms with Gasteiger partial charge in [-0.3, -0.25) is 9.59 Å². The van der Waals surface area contributed by atoms with E-state index >= 15 is 0 Å². The third-order valence-electron chi connectivity index (χ3n) is 3.85. The molecule has 0 unspecified atom stereocenters. The molecule has 0 fully saturated rings. The van der Waals surface area contributed by atoms with Gasteiger partial charge in [0.1, 0.15) is 11.6 Å². The van der Waals surface area contributed by atoms with Crippen molar-refractivity contribution in [2.75, 3.05) is 25.6 Å². The van der Waals surface area contributed by atoms with Crippen LogP contribution in [0.1, 0.15) is 34.6 Å². The SMILES string of the molecule is COc1ccc(C(=O)OCC(=O)Nc2ccccc2C(=O)NCC(C)C)c(F)c1. The molecule has 2 N–H and O–H groups in total. The molecule has 0 aliphatic heterocycles. The average Bonchev–Trinajstić information content (AvgIpc) is 2.70. The second kappa shape index (κ2) is 10.2. The Hall–Kier alpha value is -3.42. The van der Waals surface area contributed by atoms with Crippen LogP contribution in [0, 0.1) is 11.7 Å². The second-order valence-corrected chi connectivity index (χ2v) is 6.62. The average molecular weight is 402 g/mol. The van der Waals surface area contributed by atoms with Crippen molar-refractivity contribution in [3.63, 3.8) is 0 Å². The number of hydrogen-bond acceptors (Lipinski definition) is 5. The van der Waals surface area contributed by atoms with E-state index in [4.69, 9.17) is 9.47 Å². The van der Waals surface area contributed by atoms with Crippen LogP contribution in [0.5, 0.6) is 5.75 Å². The number of amides is 2. The Balaban J connectivity index is 1.98. The normalized spacial score (nSPS) is 10.4. The molecule has 0 aliphatic rings. The van der Waals surface area contributed by atoms with Crippen LogP contribution >= 0.6 is 0 Å². The van der Waals surface area contributed by atoms with Crippen LogP contribution < -0.4 is 15.4 Å². The van der Waals surface area contributed by atoms with Crippen molar-refractivity contribution in [3.05, 3.63) is 59.4 Å². The lowest BCUT2D eigenvalue weighted by Gasteiger charge is -2.13. The van der Waals surface area contributed by atoms with Gasteiger partial charge in [-0.25, -0.2) is 9.18 Å². The van der Waals surface area contributed by atoms with Crippen LogP contribution in [0.15, 0.2) is 42.5 Å². The lowest BCUT2D eigenvalue weighted by Crippen LogP contribution is -2.29. The maximum atomic E-state index is 13.9. The number of para-hydroxylation sites is 1. The molecule has 0 atom stereocenters. The molecular formula is C21H23FN2O5. The summed E-state index contributed by atoms with van der Waals surface area (Å²) in [5.41, 5.74) is 0.256. The summed E-state index contributed by atoms with van der Waals surface area (Å²) in [6.45, 7) is 3.79. The van der Waals surface area contributed by atoms with Gasteiger partial charge < -0.3 is 20.1 Å². The van der Waals surface area contributed by atoms with Gasteiger partial charge in [0.05, 0.1) is 23.9 Å². The summed E-state index contributed by atoms with van der Waals surface area (Å²) in [4.78, 5) is 36.4. The molecule has 2 amide bonds. The van der Waals surface area contributed by atoms with E-state index in [1.54, 1.807) is 24.3 Å². The van der Waals surface area contributed by atoms with Gasteiger partial charge in [0, 0.05) is 12.6 Å². The molecule has 0 saturated carbocycles. The van der Waals surface area contributed by atoms with Gasteiger partial charge in [-0.1, -0.05) is 26.0 Å². The molecule has 2 aromatic carbocycles. The fraction of sp³-hybridized carbons (Fsp3) is 0.286.